The number of hydrogen-bond donors (Lipinski definition) is 0. The van der Waals surface area contributed by atoms with E-state index in [0.717, 1.165) is 23.6 Å². The molecule has 0 unspecified atom stereocenters. The topological polar surface area (TPSA) is 67.9 Å². The van der Waals surface area contributed by atoms with Gasteiger partial charge in [-0.3, -0.25) is 4.68 Å². The third-order valence-electron chi connectivity index (χ3n) is 3.89. The lowest BCUT2D eigenvalue weighted by Gasteiger charge is -2.07. The van der Waals surface area contributed by atoms with Gasteiger partial charge in [-0.05, 0) is 42.0 Å². The maximum atomic E-state index is 11.7. The molecule has 112 valence electrons. The average Bonchev–Trinajstić information content (AvgIpc) is 3.22. The summed E-state index contributed by atoms with van der Waals surface area (Å²) in [7, 11) is 1.34. The fraction of sp³-hybridized carbons (Fsp3) is 0.353. The van der Waals surface area contributed by atoms with Crippen LogP contribution in [0, 0.1) is 17.2 Å². The van der Waals surface area contributed by atoms with Gasteiger partial charge < -0.3 is 4.74 Å². The zero-order chi connectivity index (χ0) is 15.5. The Hall–Kier alpha value is -2.61. The van der Waals surface area contributed by atoms with Crippen molar-refractivity contribution in [1.29, 1.82) is 5.26 Å². The average molecular weight is 295 g/mol. The Bertz CT molecular complexity index is 739. The van der Waals surface area contributed by atoms with E-state index in [1.54, 1.807) is 6.07 Å². The maximum absolute atomic E-state index is 11.7. The van der Waals surface area contributed by atoms with Crippen LogP contribution in [-0.2, 0) is 17.7 Å². The summed E-state index contributed by atoms with van der Waals surface area (Å²) in [5, 5.41) is 13.3. The van der Waals surface area contributed by atoms with Crippen LogP contribution in [0.1, 0.15) is 28.8 Å². The van der Waals surface area contributed by atoms with Gasteiger partial charge in [0.05, 0.1) is 31.4 Å². The highest BCUT2D eigenvalue weighted by atomic mass is 16.5. The van der Waals surface area contributed by atoms with Gasteiger partial charge in [-0.2, -0.15) is 10.4 Å². The number of esters is 1. The molecule has 0 N–H and O–H groups in total. The summed E-state index contributed by atoms with van der Waals surface area (Å²) < 4.78 is 6.72. The molecule has 22 heavy (non-hydrogen) atoms. The Kier molecular flexibility index (Phi) is 3.92. The zero-order valence-corrected chi connectivity index (χ0v) is 12.5. The summed E-state index contributed by atoms with van der Waals surface area (Å²) in [6, 6.07) is 7.54. The molecule has 1 aromatic carbocycles. The number of nitriles is 1. The molecule has 0 radical (unpaired) electrons. The monoisotopic (exact) mass is 295 g/mol. The van der Waals surface area contributed by atoms with Gasteiger partial charge in [0.1, 0.15) is 0 Å². The number of rotatable bonds is 5. The molecule has 0 amide bonds. The van der Waals surface area contributed by atoms with Crippen molar-refractivity contribution in [2.75, 3.05) is 7.11 Å². The highest BCUT2D eigenvalue weighted by Gasteiger charge is 2.22. The second-order valence-corrected chi connectivity index (χ2v) is 5.59. The normalized spacial score (nSPS) is 13.6. The molecule has 1 aromatic heterocycles. The van der Waals surface area contributed by atoms with Crippen LogP contribution in [0.4, 0.5) is 0 Å². The summed E-state index contributed by atoms with van der Waals surface area (Å²) in [6.45, 7) is 0.964. The van der Waals surface area contributed by atoms with Crippen molar-refractivity contribution in [3.8, 4) is 17.2 Å². The minimum Gasteiger partial charge on any atom is -0.465 e. The predicted molar refractivity (Wildman–Crippen MR) is 81.0 cm³/mol. The van der Waals surface area contributed by atoms with Crippen molar-refractivity contribution in [1.82, 2.24) is 9.78 Å². The lowest BCUT2D eigenvalue weighted by molar-refractivity contribution is 0.0599. The number of carbonyl (C=O) groups excluding carboxylic acids is 1. The SMILES string of the molecule is COC(=O)c1ccc(-c2cnn(CC3CC3)c2)cc1CC#N. The number of aromatic nitrogens is 2. The van der Waals surface area contributed by atoms with Gasteiger partial charge in [-0.1, -0.05) is 6.07 Å². The van der Waals surface area contributed by atoms with Crippen molar-refractivity contribution in [3.05, 3.63) is 41.7 Å². The molecule has 0 bridgehead atoms. The minimum atomic E-state index is -0.416. The van der Waals surface area contributed by atoms with Crippen molar-refractivity contribution in [3.63, 3.8) is 0 Å². The fourth-order valence-corrected chi connectivity index (χ4v) is 2.49. The molecule has 2 aromatic rings. The predicted octanol–water partition coefficient (Wildman–Crippen LogP) is 2.81. The number of hydrogen-bond acceptors (Lipinski definition) is 4. The summed E-state index contributed by atoms with van der Waals surface area (Å²) in [4.78, 5) is 11.7. The maximum Gasteiger partial charge on any atom is 0.338 e. The minimum absolute atomic E-state index is 0.175. The quantitative estimate of drug-likeness (QED) is 0.795. The number of ether oxygens (including phenoxy) is 1. The Morgan fingerprint density at radius 2 is 2.27 bits per heavy atom. The van der Waals surface area contributed by atoms with Crippen LogP contribution in [0.25, 0.3) is 11.1 Å². The lowest BCUT2D eigenvalue weighted by Crippen LogP contribution is -2.05. The summed E-state index contributed by atoms with van der Waals surface area (Å²) in [5.41, 5.74) is 3.08. The van der Waals surface area contributed by atoms with E-state index in [4.69, 9.17) is 10.00 Å². The number of methoxy groups -OCH3 is 1. The van der Waals surface area contributed by atoms with E-state index in [-0.39, 0.29) is 6.42 Å². The molecular weight excluding hydrogens is 278 g/mol. The molecule has 0 spiro atoms. The Morgan fingerprint density at radius 3 is 2.95 bits per heavy atom. The third-order valence-corrected chi connectivity index (χ3v) is 3.89. The van der Waals surface area contributed by atoms with Gasteiger partial charge in [-0.25, -0.2) is 4.79 Å². The molecule has 1 aliphatic rings. The second-order valence-electron chi connectivity index (χ2n) is 5.59. The van der Waals surface area contributed by atoms with Crippen molar-refractivity contribution in [2.24, 2.45) is 5.92 Å². The molecule has 0 aliphatic heterocycles. The largest absolute Gasteiger partial charge is 0.465 e. The molecule has 5 heteroatoms. The first kappa shape index (κ1) is 14.3. The van der Waals surface area contributed by atoms with Crippen LogP contribution >= 0.6 is 0 Å². The van der Waals surface area contributed by atoms with E-state index in [1.807, 2.05) is 29.2 Å². The van der Waals surface area contributed by atoms with Gasteiger partial charge >= 0.3 is 5.97 Å². The Balaban J connectivity index is 1.89. The van der Waals surface area contributed by atoms with Crippen LogP contribution in [-0.4, -0.2) is 22.9 Å². The smallest absolute Gasteiger partial charge is 0.338 e. The van der Waals surface area contributed by atoms with E-state index in [1.165, 1.54) is 20.0 Å². The summed E-state index contributed by atoms with van der Waals surface area (Å²) in [5.74, 6) is 0.352. The zero-order valence-electron chi connectivity index (χ0n) is 12.5. The Labute approximate surface area is 129 Å². The van der Waals surface area contributed by atoms with E-state index < -0.39 is 5.97 Å². The standard InChI is InChI=1S/C17H17N3O2/c1-22-17(21)16-5-4-13(8-14(16)6-7-18)15-9-19-20(11-15)10-12-2-3-12/h4-5,8-9,11-12H,2-3,6,10H2,1H3. The first-order valence-corrected chi connectivity index (χ1v) is 7.32. The van der Waals surface area contributed by atoms with E-state index in [9.17, 15) is 4.79 Å². The van der Waals surface area contributed by atoms with Gasteiger partial charge in [0.25, 0.3) is 0 Å². The number of nitrogens with zero attached hydrogens (tertiary/aromatic N) is 3. The van der Waals surface area contributed by atoms with E-state index in [2.05, 4.69) is 11.2 Å². The van der Waals surface area contributed by atoms with Gasteiger partial charge in [0.2, 0.25) is 0 Å². The number of carbonyl (C=O) groups is 1. The molecule has 1 fully saturated rings. The van der Waals surface area contributed by atoms with E-state index in [0.29, 0.717) is 11.1 Å². The van der Waals surface area contributed by atoms with Crippen LogP contribution in [0.3, 0.4) is 0 Å². The second kappa shape index (κ2) is 6.02. The lowest BCUT2D eigenvalue weighted by atomic mass is 9.99. The molecule has 0 atom stereocenters. The van der Waals surface area contributed by atoms with Gasteiger partial charge in [0.15, 0.2) is 0 Å². The molecule has 1 saturated carbocycles. The van der Waals surface area contributed by atoms with Crippen LogP contribution in [0.2, 0.25) is 0 Å². The van der Waals surface area contributed by atoms with Crippen molar-refractivity contribution >= 4 is 5.97 Å². The first-order chi connectivity index (χ1) is 10.7. The van der Waals surface area contributed by atoms with Crippen LogP contribution in [0.15, 0.2) is 30.6 Å². The van der Waals surface area contributed by atoms with Crippen LogP contribution in [0.5, 0.6) is 0 Å². The fourth-order valence-electron chi connectivity index (χ4n) is 2.49. The molecule has 1 heterocycles. The van der Waals surface area contributed by atoms with Gasteiger partial charge in [0, 0.05) is 18.3 Å². The summed E-state index contributed by atoms with van der Waals surface area (Å²) in [6.07, 6.45) is 6.59. The number of benzene rings is 1. The third kappa shape index (κ3) is 3.01. The Morgan fingerprint density at radius 1 is 1.45 bits per heavy atom. The van der Waals surface area contributed by atoms with Crippen molar-refractivity contribution < 1.29 is 9.53 Å². The van der Waals surface area contributed by atoms with E-state index >= 15 is 0 Å². The highest BCUT2D eigenvalue weighted by Crippen LogP contribution is 2.31. The van der Waals surface area contributed by atoms with Crippen molar-refractivity contribution in [2.45, 2.75) is 25.8 Å². The molecule has 1 aliphatic carbocycles. The molecule has 0 saturated heterocycles. The molecule has 5 nitrogen and oxygen atoms in total. The van der Waals surface area contributed by atoms with Gasteiger partial charge in [-0.15, -0.1) is 0 Å². The highest BCUT2D eigenvalue weighted by molar-refractivity contribution is 5.92. The molecular formula is C17H17N3O2. The first-order valence-electron chi connectivity index (χ1n) is 7.32. The molecule has 3 rings (SSSR count). The van der Waals surface area contributed by atoms with Crippen LogP contribution < -0.4 is 0 Å². The summed E-state index contributed by atoms with van der Waals surface area (Å²) >= 11 is 0.